The molecule has 6 nitrogen and oxygen atoms in total. The molecule has 38 heavy (non-hydrogen) atoms. The SMILES string of the molecule is CC1(c2nnco2)CC[C@]2(C)CC[C@]3(C)[C@H](C(=O)C=C4[C@@]5(C)C=C(C#N)C(=O)C(C)(C)[C@@H]5CC[C@]43C)[C@@H]2C1. The van der Waals surface area contributed by atoms with Crippen LogP contribution in [0.25, 0.3) is 0 Å². The van der Waals surface area contributed by atoms with E-state index in [2.05, 4.69) is 50.9 Å². The fourth-order valence-corrected chi connectivity index (χ4v) is 10.3. The predicted octanol–water partition coefficient (Wildman–Crippen LogP) is 6.54. The molecule has 1 unspecified atom stereocenters. The molecule has 6 heteroatoms. The van der Waals surface area contributed by atoms with E-state index >= 15 is 0 Å². The molecular weight excluding hydrogens is 474 g/mol. The Morgan fingerprint density at radius 1 is 1.00 bits per heavy atom. The Morgan fingerprint density at radius 2 is 1.71 bits per heavy atom. The summed E-state index contributed by atoms with van der Waals surface area (Å²) in [5.74, 6) is 1.08. The third-order valence-electron chi connectivity index (χ3n) is 12.9. The lowest BCUT2D eigenvalue weighted by atomic mass is 9.34. The molecule has 0 aliphatic heterocycles. The van der Waals surface area contributed by atoms with E-state index in [1.165, 1.54) is 6.39 Å². The zero-order valence-corrected chi connectivity index (χ0v) is 24.0. The van der Waals surface area contributed by atoms with Crippen LogP contribution in [0.15, 0.2) is 34.1 Å². The number of carbonyl (C=O) groups excluding carboxylic acids is 2. The van der Waals surface area contributed by atoms with Crippen LogP contribution in [0.3, 0.4) is 0 Å². The van der Waals surface area contributed by atoms with E-state index in [1.807, 2.05) is 26.0 Å². The molecule has 5 aliphatic carbocycles. The maximum Gasteiger partial charge on any atom is 0.222 e. The van der Waals surface area contributed by atoms with Gasteiger partial charge in [0.05, 0.1) is 5.57 Å². The molecule has 0 N–H and O–H groups in total. The number of hydrogen-bond donors (Lipinski definition) is 0. The van der Waals surface area contributed by atoms with Crippen molar-refractivity contribution >= 4 is 11.6 Å². The Bertz CT molecular complexity index is 1330. The maximum atomic E-state index is 14.4. The highest BCUT2D eigenvalue weighted by Crippen LogP contribution is 2.74. The zero-order valence-electron chi connectivity index (χ0n) is 24.0. The molecule has 5 aliphatic rings. The second-order valence-electron chi connectivity index (χ2n) is 15.1. The van der Waals surface area contributed by atoms with Crippen LogP contribution >= 0.6 is 0 Å². The van der Waals surface area contributed by atoms with Crippen LogP contribution in [-0.2, 0) is 15.0 Å². The van der Waals surface area contributed by atoms with Gasteiger partial charge in [0.25, 0.3) is 0 Å². The molecule has 1 aromatic heterocycles. The van der Waals surface area contributed by atoms with Gasteiger partial charge >= 0.3 is 0 Å². The minimum Gasteiger partial charge on any atom is -0.427 e. The summed E-state index contributed by atoms with van der Waals surface area (Å²) in [6.07, 6.45) is 12.2. The predicted molar refractivity (Wildman–Crippen MR) is 142 cm³/mol. The van der Waals surface area contributed by atoms with Gasteiger partial charge in [-0.2, -0.15) is 5.26 Å². The number of ketones is 2. The second kappa shape index (κ2) is 7.55. The van der Waals surface area contributed by atoms with Gasteiger partial charge in [-0.1, -0.05) is 60.1 Å². The van der Waals surface area contributed by atoms with Crippen molar-refractivity contribution in [2.24, 2.45) is 44.8 Å². The minimum absolute atomic E-state index is 0.0612. The fraction of sp³-hybridized carbons (Fsp3) is 0.719. The molecule has 0 amide bonds. The van der Waals surface area contributed by atoms with Gasteiger partial charge in [-0.3, -0.25) is 9.59 Å². The highest BCUT2D eigenvalue weighted by atomic mass is 16.4. The van der Waals surface area contributed by atoms with Crippen LogP contribution in [0.4, 0.5) is 0 Å². The summed E-state index contributed by atoms with van der Waals surface area (Å²) < 4.78 is 5.72. The number of rotatable bonds is 1. The van der Waals surface area contributed by atoms with E-state index in [1.54, 1.807) is 0 Å². The molecule has 3 fully saturated rings. The van der Waals surface area contributed by atoms with Gasteiger partial charge in [0.2, 0.25) is 12.3 Å². The summed E-state index contributed by atoms with van der Waals surface area (Å²) in [6, 6.07) is 2.20. The minimum atomic E-state index is -0.641. The summed E-state index contributed by atoms with van der Waals surface area (Å²) in [6.45, 7) is 15.5. The van der Waals surface area contributed by atoms with Crippen molar-refractivity contribution in [3.63, 3.8) is 0 Å². The van der Waals surface area contributed by atoms with E-state index in [9.17, 15) is 14.9 Å². The van der Waals surface area contributed by atoms with Crippen LogP contribution < -0.4 is 0 Å². The van der Waals surface area contributed by atoms with Crippen molar-refractivity contribution in [1.82, 2.24) is 10.2 Å². The molecule has 3 saturated carbocycles. The van der Waals surface area contributed by atoms with Gasteiger partial charge in [-0.05, 0) is 79.1 Å². The molecule has 1 aromatic rings. The molecule has 0 radical (unpaired) electrons. The van der Waals surface area contributed by atoms with Crippen LogP contribution in [0.1, 0.15) is 99.3 Å². The van der Waals surface area contributed by atoms with E-state index in [4.69, 9.17) is 4.42 Å². The summed E-state index contributed by atoms with van der Waals surface area (Å²) in [4.78, 5) is 27.7. The van der Waals surface area contributed by atoms with Crippen LogP contribution in [0, 0.1) is 56.2 Å². The van der Waals surface area contributed by atoms with Gasteiger partial charge in [0.15, 0.2) is 11.6 Å². The number of carbonyl (C=O) groups is 2. The highest BCUT2D eigenvalue weighted by Gasteiger charge is 2.69. The number of nitrogens with zero attached hydrogens (tertiary/aromatic N) is 3. The van der Waals surface area contributed by atoms with Crippen LogP contribution in [0.5, 0.6) is 0 Å². The van der Waals surface area contributed by atoms with Gasteiger partial charge in [0.1, 0.15) is 6.07 Å². The first-order valence-electron chi connectivity index (χ1n) is 14.4. The number of allylic oxidation sites excluding steroid dienone is 4. The Labute approximate surface area is 226 Å². The monoisotopic (exact) mass is 515 g/mol. The first kappa shape index (κ1) is 25.7. The number of Topliss-reactive ketones (excluding diaryl/α,β-unsaturated/α-hetero) is 1. The normalized spacial score (nSPS) is 47.5. The fourth-order valence-electron chi connectivity index (χ4n) is 10.3. The highest BCUT2D eigenvalue weighted by molar-refractivity contribution is 6.04. The lowest BCUT2D eigenvalue weighted by Crippen LogP contribution is -2.64. The maximum absolute atomic E-state index is 14.4. The third-order valence-corrected chi connectivity index (χ3v) is 12.9. The quantitative estimate of drug-likeness (QED) is 0.421. The Kier molecular flexibility index (Phi) is 5.11. The molecular formula is C32H41N3O3. The first-order valence-corrected chi connectivity index (χ1v) is 14.4. The largest absolute Gasteiger partial charge is 0.427 e. The molecule has 0 spiro atoms. The van der Waals surface area contributed by atoms with Crippen molar-refractivity contribution in [3.8, 4) is 6.07 Å². The first-order chi connectivity index (χ1) is 17.7. The standard InChI is InChI=1S/C32H41N3O3/c1-27(2)22-8-9-31(6)23(30(22,5)15-19(17-33)25(27)37)14-21(36)24-20-16-29(4,26-35-34-18-38-26)11-10-28(20,3)12-13-32(24,31)7/h14-15,18,20,22,24H,8-13,16H2,1-7H3/t20-,22-,24-,28+,29?,30-,31+,32+/m0/s1. The Morgan fingerprint density at radius 3 is 2.37 bits per heavy atom. The summed E-state index contributed by atoms with van der Waals surface area (Å²) >= 11 is 0. The number of aromatic nitrogens is 2. The Hall–Kier alpha value is -2.55. The molecule has 1 heterocycles. The van der Waals surface area contributed by atoms with E-state index in [0.717, 1.165) is 50.5 Å². The number of nitriles is 1. The lowest BCUT2D eigenvalue weighted by Gasteiger charge is -2.69. The van der Waals surface area contributed by atoms with Gasteiger partial charge in [-0.15, -0.1) is 10.2 Å². The summed E-state index contributed by atoms with van der Waals surface area (Å²) in [5, 5.41) is 18.2. The second-order valence-corrected chi connectivity index (χ2v) is 15.1. The molecule has 8 atom stereocenters. The summed E-state index contributed by atoms with van der Waals surface area (Å²) in [7, 11) is 0. The Balaban J connectivity index is 1.49. The smallest absolute Gasteiger partial charge is 0.222 e. The average molecular weight is 516 g/mol. The third kappa shape index (κ3) is 2.94. The van der Waals surface area contributed by atoms with E-state index in [-0.39, 0.29) is 56.6 Å². The number of hydrogen-bond acceptors (Lipinski definition) is 6. The average Bonchev–Trinajstić information content (AvgIpc) is 3.40. The van der Waals surface area contributed by atoms with Crippen LogP contribution in [-0.4, -0.2) is 21.8 Å². The van der Waals surface area contributed by atoms with Gasteiger partial charge in [-0.25, -0.2) is 0 Å². The topological polar surface area (TPSA) is 96.8 Å². The molecule has 6 rings (SSSR count). The van der Waals surface area contributed by atoms with Crippen molar-refractivity contribution in [3.05, 3.63) is 35.6 Å². The van der Waals surface area contributed by atoms with Crippen LogP contribution in [0.2, 0.25) is 0 Å². The van der Waals surface area contributed by atoms with Gasteiger partial charge in [0, 0.05) is 22.2 Å². The van der Waals surface area contributed by atoms with Crippen molar-refractivity contribution < 1.29 is 14.0 Å². The number of fused-ring (bicyclic) bond motifs is 7. The van der Waals surface area contributed by atoms with E-state index in [0.29, 0.717) is 5.89 Å². The molecule has 202 valence electrons. The molecule has 0 saturated heterocycles. The molecule has 0 aromatic carbocycles. The van der Waals surface area contributed by atoms with Crippen molar-refractivity contribution in [1.29, 1.82) is 5.26 Å². The van der Waals surface area contributed by atoms with E-state index < -0.39 is 10.8 Å². The zero-order chi connectivity index (χ0) is 27.5. The van der Waals surface area contributed by atoms with Crippen molar-refractivity contribution in [2.75, 3.05) is 0 Å². The molecule has 0 bridgehead atoms. The lowest BCUT2D eigenvalue weighted by molar-refractivity contribution is -0.166. The van der Waals surface area contributed by atoms with Crippen molar-refractivity contribution in [2.45, 2.75) is 98.8 Å². The van der Waals surface area contributed by atoms with Gasteiger partial charge < -0.3 is 4.42 Å². The summed E-state index contributed by atoms with van der Waals surface area (Å²) in [5.41, 5.74) is -0.255.